The number of benzene rings is 1. The summed E-state index contributed by atoms with van der Waals surface area (Å²) in [6, 6.07) is 8.76. The van der Waals surface area contributed by atoms with Gasteiger partial charge in [0.05, 0.1) is 29.3 Å². The fourth-order valence-electron chi connectivity index (χ4n) is 4.30. The van der Waals surface area contributed by atoms with Gasteiger partial charge in [0.1, 0.15) is 11.9 Å². The number of aromatic nitrogens is 5. The zero-order valence-corrected chi connectivity index (χ0v) is 15.9. The van der Waals surface area contributed by atoms with Gasteiger partial charge in [-0.2, -0.15) is 0 Å². The Morgan fingerprint density at radius 1 is 1.28 bits per heavy atom. The number of fused-ring (bicyclic) bond motifs is 2. The summed E-state index contributed by atoms with van der Waals surface area (Å²) in [5.41, 5.74) is 1.18. The van der Waals surface area contributed by atoms with Crippen LogP contribution in [-0.2, 0) is 0 Å². The molecule has 2 N–H and O–H groups in total. The Morgan fingerprint density at radius 2 is 2.17 bits per heavy atom. The van der Waals surface area contributed by atoms with E-state index in [1.165, 1.54) is 0 Å². The van der Waals surface area contributed by atoms with Gasteiger partial charge in [-0.25, -0.2) is 9.07 Å². The van der Waals surface area contributed by atoms with Crippen LogP contribution in [0.1, 0.15) is 26.2 Å². The van der Waals surface area contributed by atoms with Crippen LogP contribution in [-0.4, -0.2) is 54.2 Å². The number of nitrogens with one attached hydrogen (secondary N) is 1. The number of piperidine rings is 1. The van der Waals surface area contributed by atoms with Crippen LogP contribution in [0.3, 0.4) is 0 Å². The maximum atomic E-state index is 14.9. The minimum atomic E-state index is -1.10. The Labute approximate surface area is 166 Å². The SMILES string of the molecule is C[C@@]12CCC(C[C@H](Oc3ccc(-c4ccc(-n5ccnn5)cc4O)nn3)[C@H]1F)N2. The molecule has 2 aromatic heterocycles. The Hall–Kier alpha value is -3.07. The van der Waals surface area contributed by atoms with Crippen LogP contribution in [0.15, 0.2) is 42.7 Å². The van der Waals surface area contributed by atoms with E-state index in [4.69, 9.17) is 4.74 Å². The average Bonchev–Trinajstić information content (AvgIpc) is 3.36. The first-order valence-electron chi connectivity index (χ1n) is 9.64. The number of phenolic OH excluding ortho intramolecular Hbond substituents is 1. The van der Waals surface area contributed by atoms with Gasteiger partial charge in [-0.3, -0.25) is 0 Å². The van der Waals surface area contributed by atoms with E-state index < -0.39 is 17.8 Å². The Bertz CT molecular complexity index is 1010. The molecule has 29 heavy (non-hydrogen) atoms. The summed E-state index contributed by atoms with van der Waals surface area (Å²) in [6.45, 7) is 1.91. The van der Waals surface area contributed by atoms with Gasteiger partial charge < -0.3 is 15.2 Å². The highest BCUT2D eigenvalue weighted by Crippen LogP contribution is 2.39. The number of alkyl halides is 1. The van der Waals surface area contributed by atoms with Gasteiger partial charge >= 0.3 is 0 Å². The van der Waals surface area contributed by atoms with E-state index in [2.05, 4.69) is 25.8 Å². The van der Waals surface area contributed by atoms with Crippen LogP contribution in [0.5, 0.6) is 11.6 Å². The minimum Gasteiger partial charge on any atom is -0.507 e. The molecule has 5 rings (SSSR count). The predicted octanol–water partition coefficient (Wildman–Crippen LogP) is 2.43. The highest BCUT2D eigenvalue weighted by molar-refractivity contribution is 5.68. The van der Waals surface area contributed by atoms with Gasteiger partial charge in [0.25, 0.3) is 0 Å². The van der Waals surface area contributed by atoms with Crippen molar-refractivity contribution in [3.05, 3.63) is 42.7 Å². The first-order valence-corrected chi connectivity index (χ1v) is 9.64. The van der Waals surface area contributed by atoms with Crippen LogP contribution in [0.25, 0.3) is 16.9 Å². The van der Waals surface area contributed by atoms with E-state index in [0.717, 1.165) is 12.8 Å². The monoisotopic (exact) mass is 396 g/mol. The number of ether oxygens (including phenoxy) is 1. The molecule has 8 nitrogen and oxygen atoms in total. The molecule has 2 saturated heterocycles. The first-order chi connectivity index (χ1) is 14.0. The lowest BCUT2D eigenvalue weighted by Crippen LogP contribution is -2.59. The number of aromatic hydroxyl groups is 1. The standard InChI is InChI=1S/C20H21FN6O2/c1-20-7-6-12(23-20)10-17(19(20)21)29-18-5-4-15(24-25-18)14-3-2-13(11-16(14)28)27-9-8-22-26-27/h2-5,8-9,11-12,17,19,23,28H,6-7,10H2,1H3/t12?,17-,19+,20+/m0/s1. The van der Waals surface area contributed by atoms with E-state index in [0.29, 0.717) is 23.4 Å². The van der Waals surface area contributed by atoms with E-state index in [9.17, 15) is 9.50 Å². The van der Waals surface area contributed by atoms with Crippen molar-refractivity contribution in [2.75, 3.05) is 0 Å². The van der Waals surface area contributed by atoms with Crippen molar-refractivity contribution in [2.45, 2.75) is 50.0 Å². The molecule has 2 aliphatic rings. The maximum Gasteiger partial charge on any atom is 0.233 e. The number of halogens is 1. The molecule has 1 aromatic carbocycles. The maximum absolute atomic E-state index is 14.9. The second kappa shape index (κ2) is 6.77. The van der Waals surface area contributed by atoms with Gasteiger partial charge in [0.2, 0.25) is 5.88 Å². The van der Waals surface area contributed by atoms with Gasteiger partial charge in [0, 0.05) is 30.2 Å². The fraction of sp³-hybridized carbons (Fsp3) is 0.400. The molecule has 0 amide bonds. The van der Waals surface area contributed by atoms with Gasteiger partial charge in [-0.15, -0.1) is 15.3 Å². The van der Waals surface area contributed by atoms with Crippen LogP contribution in [0.4, 0.5) is 4.39 Å². The van der Waals surface area contributed by atoms with Crippen LogP contribution in [0.2, 0.25) is 0 Å². The van der Waals surface area contributed by atoms with E-state index in [1.807, 2.05) is 6.92 Å². The Morgan fingerprint density at radius 3 is 2.90 bits per heavy atom. The van der Waals surface area contributed by atoms with Crippen LogP contribution >= 0.6 is 0 Å². The van der Waals surface area contributed by atoms with Crippen molar-refractivity contribution in [3.63, 3.8) is 0 Å². The number of nitrogens with zero attached hydrogens (tertiary/aromatic N) is 5. The molecule has 150 valence electrons. The van der Waals surface area contributed by atoms with Gasteiger partial charge in [-0.05, 0) is 38.0 Å². The summed E-state index contributed by atoms with van der Waals surface area (Å²) < 4.78 is 22.3. The van der Waals surface area contributed by atoms with Crippen molar-refractivity contribution in [2.24, 2.45) is 0 Å². The summed E-state index contributed by atoms with van der Waals surface area (Å²) in [5, 5.41) is 29.6. The normalized spacial score (nSPS) is 28.4. The quantitative estimate of drug-likeness (QED) is 0.699. The summed E-state index contributed by atoms with van der Waals surface area (Å²) in [6.07, 6.45) is 4.00. The average molecular weight is 396 g/mol. The summed E-state index contributed by atoms with van der Waals surface area (Å²) in [5.74, 6) is 0.331. The molecule has 2 aliphatic heterocycles. The molecule has 9 heteroatoms. The van der Waals surface area contributed by atoms with E-state index >= 15 is 0 Å². The summed E-state index contributed by atoms with van der Waals surface area (Å²) in [7, 11) is 0. The molecule has 4 atom stereocenters. The minimum absolute atomic E-state index is 0.0487. The van der Waals surface area contributed by atoms with Crippen molar-refractivity contribution < 1.29 is 14.2 Å². The third-order valence-electron chi connectivity index (χ3n) is 5.85. The Kier molecular flexibility index (Phi) is 4.20. The third-order valence-corrected chi connectivity index (χ3v) is 5.85. The van der Waals surface area contributed by atoms with Gasteiger partial charge in [-0.1, -0.05) is 5.21 Å². The van der Waals surface area contributed by atoms with Crippen molar-refractivity contribution >= 4 is 0 Å². The molecule has 0 aliphatic carbocycles. The molecule has 0 saturated carbocycles. The zero-order valence-electron chi connectivity index (χ0n) is 15.9. The highest BCUT2D eigenvalue weighted by atomic mass is 19.1. The van der Waals surface area contributed by atoms with Gasteiger partial charge in [0.15, 0.2) is 6.17 Å². The molecule has 2 bridgehead atoms. The number of phenols is 1. The molecule has 4 heterocycles. The summed E-state index contributed by atoms with van der Waals surface area (Å²) in [4.78, 5) is 0. The predicted molar refractivity (Wildman–Crippen MR) is 103 cm³/mol. The molecule has 0 radical (unpaired) electrons. The number of hydrogen-bond donors (Lipinski definition) is 2. The van der Waals surface area contributed by atoms with Crippen molar-refractivity contribution in [3.8, 4) is 28.6 Å². The lowest BCUT2D eigenvalue weighted by atomic mass is 9.88. The lowest BCUT2D eigenvalue weighted by Gasteiger charge is -2.39. The second-order valence-electron chi connectivity index (χ2n) is 7.90. The van der Waals surface area contributed by atoms with Crippen molar-refractivity contribution in [1.82, 2.24) is 30.5 Å². The highest BCUT2D eigenvalue weighted by Gasteiger charge is 2.51. The number of hydrogen-bond acceptors (Lipinski definition) is 7. The fourth-order valence-corrected chi connectivity index (χ4v) is 4.30. The topological polar surface area (TPSA) is 98.0 Å². The lowest BCUT2D eigenvalue weighted by molar-refractivity contribution is 0.00813. The first kappa shape index (κ1) is 18.0. The molecule has 0 spiro atoms. The van der Waals surface area contributed by atoms with Crippen molar-refractivity contribution in [1.29, 1.82) is 0 Å². The molecular formula is C20H21FN6O2. The smallest absolute Gasteiger partial charge is 0.233 e. The van der Waals surface area contributed by atoms with E-state index in [-0.39, 0.29) is 17.7 Å². The molecule has 2 fully saturated rings. The largest absolute Gasteiger partial charge is 0.507 e. The molecular weight excluding hydrogens is 375 g/mol. The number of rotatable bonds is 4. The molecule has 3 aromatic rings. The zero-order chi connectivity index (χ0) is 20.0. The van der Waals surface area contributed by atoms with Crippen LogP contribution < -0.4 is 10.1 Å². The molecule has 1 unspecified atom stereocenters. The summed E-state index contributed by atoms with van der Waals surface area (Å²) >= 11 is 0. The second-order valence-corrected chi connectivity index (χ2v) is 7.90. The third kappa shape index (κ3) is 3.21. The van der Waals surface area contributed by atoms with E-state index in [1.54, 1.807) is 47.4 Å². The van der Waals surface area contributed by atoms with Crippen LogP contribution in [0, 0.1) is 0 Å². The Balaban J connectivity index is 1.33.